The lowest BCUT2D eigenvalue weighted by Gasteiger charge is -2.17. The molecule has 7 heteroatoms. The Labute approximate surface area is 216 Å². The Bertz CT molecular complexity index is 1310. The number of nitriles is 1. The van der Waals surface area contributed by atoms with E-state index >= 15 is 0 Å². The van der Waals surface area contributed by atoms with Crippen molar-refractivity contribution in [3.63, 3.8) is 0 Å². The van der Waals surface area contributed by atoms with E-state index in [-0.39, 0.29) is 24.5 Å². The second kappa shape index (κ2) is 13.5. The van der Waals surface area contributed by atoms with Gasteiger partial charge in [-0.15, -0.1) is 6.58 Å². The van der Waals surface area contributed by atoms with Crippen LogP contribution in [0.25, 0.3) is 6.08 Å². The lowest BCUT2D eigenvalue weighted by atomic mass is 10.0. The molecule has 3 aromatic rings. The molecule has 0 heterocycles. The number of methoxy groups -OCH3 is 1. The van der Waals surface area contributed by atoms with Gasteiger partial charge in [0.1, 0.15) is 29.8 Å². The zero-order valence-electron chi connectivity index (χ0n) is 20.9. The Morgan fingerprint density at radius 1 is 1.11 bits per heavy atom. The predicted octanol–water partition coefficient (Wildman–Crippen LogP) is 5.76. The molecule has 0 unspecified atom stereocenters. The average molecular weight is 501 g/mol. The van der Waals surface area contributed by atoms with Gasteiger partial charge < -0.3 is 19.5 Å². The van der Waals surface area contributed by atoms with Crippen LogP contribution >= 0.6 is 0 Å². The summed E-state index contributed by atoms with van der Waals surface area (Å²) in [7, 11) is 1.58. The summed E-state index contributed by atoms with van der Waals surface area (Å²) >= 11 is 0. The highest BCUT2D eigenvalue weighted by atomic mass is 19.1. The Kier molecular flexibility index (Phi) is 9.86. The normalized spacial score (nSPS) is 10.8. The summed E-state index contributed by atoms with van der Waals surface area (Å²) in [5.74, 6) is 0.850. The Morgan fingerprint density at radius 2 is 1.89 bits per heavy atom. The van der Waals surface area contributed by atoms with Gasteiger partial charge in [-0.05, 0) is 72.5 Å². The third-order valence-electron chi connectivity index (χ3n) is 5.38. The van der Waals surface area contributed by atoms with Crippen molar-refractivity contribution in [3.8, 4) is 23.3 Å². The second-order valence-electron chi connectivity index (χ2n) is 8.05. The van der Waals surface area contributed by atoms with Crippen LogP contribution in [0.15, 0.2) is 78.9 Å². The Hall–Kier alpha value is -4.57. The summed E-state index contributed by atoms with van der Waals surface area (Å²) in [5, 5.41) is 12.4. The van der Waals surface area contributed by atoms with Crippen LogP contribution in [0.2, 0.25) is 0 Å². The molecular weight excluding hydrogens is 471 g/mol. The molecule has 6 nitrogen and oxygen atoms in total. The molecule has 1 N–H and O–H groups in total. The van der Waals surface area contributed by atoms with Crippen LogP contribution in [0, 0.1) is 17.1 Å². The first-order valence-corrected chi connectivity index (χ1v) is 11.8. The van der Waals surface area contributed by atoms with Gasteiger partial charge in [0.05, 0.1) is 13.7 Å². The summed E-state index contributed by atoms with van der Waals surface area (Å²) in [5.41, 5.74) is 2.87. The maximum atomic E-state index is 13.6. The van der Waals surface area contributed by atoms with Crippen molar-refractivity contribution >= 4 is 12.0 Å². The van der Waals surface area contributed by atoms with E-state index in [9.17, 15) is 14.4 Å². The summed E-state index contributed by atoms with van der Waals surface area (Å²) in [6.07, 6.45) is 3.70. The van der Waals surface area contributed by atoms with E-state index in [0.717, 1.165) is 16.9 Å². The second-order valence-corrected chi connectivity index (χ2v) is 8.05. The molecule has 0 aliphatic carbocycles. The third-order valence-corrected chi connectivity index (χ3v) is 5.38. The van der Waals surface area contributed by atoms with Gasteiger partial charge in [0.15, 0.2) is 11.5 Å². The van der Waals surface area contributed by atoms with Crippen LogP contribution < -0.4 is 19.5 Å². The predicted molar refractivity (Wildman–Crippen MR) is 141 cm³/mol. The minimum Gasteiger partial charge on any atom is -0.497 e. The third kappa shape index (κ3) is 7.71. The lowest BCUT2D eigenvalue weighted by Crippen LogP contribution is -2.23. The smallest absolute Gasteiger partial charge is 0.262 e. The highest BCUT2D eigenvalue weighted by Gasteiger charge is 2.15. The van der Waals surface area contributed by atoms with Crippen molar-refractivity contribution in [2.75, 3.05) is 13.7 Å². The summed E-state index contributed by atoms with van der Waals surface area (Å²) in [4.78, 5) is 12.7. The molecule has 0 aliphatic rings. The fourth-order valence-electron chi connectivity index (χ4n) is 3.62. The summed E-state index contributed by atoms with van der Waals surface area (Å²) in [6, 6.07) is 19.0. The number of rotatable bonds is 12. The molecule has 0 saturated carbocycles. The Morgan fingerprint density at radius 3 is 2.54 bits per heavy atom. The van der Waals surface area contributed by atoms with Gasteiger partial charge in [0.2, 0.25) is 0 Å². The molecule has 0 spiro atoms. The molecule has 0 bridgehead atoms. The molecular formula is C30H29FN2O4. The van der Waals surface area contributed by atoms with E-state index in [1.165, 1.54) is 18.2 Å². The first kappa shape index (κ1) is 27.0. The van der Waals surface area contributed by atoms with Crippen LogP contribution in [-0.2, 0) is 24.4 Å². The van der Waals surface area contributed by atoms with E-state index in [1.54, 1.807) is 43.5 Å². The maximum Gasteiger partial charge on any atom is 0.262 e. The maximum absolute atomic E-state index is 13.6. The standard InChI is InChI=1S/C30H29FN2O4/c1-4-7-24-14-23(15-25(18-32)30(34)33-19-21-10-12-27(35-3)13-11-21)17-28(36-5-2)29(24)37-20-22-8-6-9-26(31)16-22/h4,6,8-17H,1,5,7,19-20H2,2-3H3,(H,33,34)/b25-15-. The van der Waals surface area contributed by atoms with Gasteiger partial charge in [-0.2, -0.15) is 5.26 Å². The van der Waals surface area contributed by atoms with Gasteiger partial charge in [-0.25, -0.2) is 4.39 Å². The number of nitrogens with zero attached hydrogens (tertiary/aromatic N) is 1. The lowest BCUT2D eigenvalue weighted by molar-refractivity contribution is -0.117. The zero-order chi connectivity index (χ0) is 26.6. The number of carbonyl (C=O) groups is 1. The van der Waals surface area contributed by atoms with Crippen molar-refractivity contribution in [1.29, 1.82) is 5.26 Å². The van der Waals surface area contributed by atoms with E-state index in [4.69, 9.17) is 14.2 Å². The highest BCUT2D eigenvalue weighted by Crippen LogP contribution is 2.35. The number of nitrogens with one attached hydrogen (secondary N) is 1. The first-order valence-electron chi connectivity index (χ1n) is 11.8. The molecule has 0 fully saturated rings. The molecule has 0 atom stereocenters. The van der Waals surface area contributed by atoms with Crippen molar-refractivity contribution in [2.45, 2.75) is 26.5 Å². The molecule has 0 aliphatic heterocycles. The fourth-order valence-corrected chi connectivity index (χ4v) is 3.62. The monoisotopic (exact) mass is 500 g/mol. The number of halogens is 1. The van der Waals surface area contributed by atoms with Gasteiger partial charge in [-0.1, -0.05) is 30.3 Å². The molecule has 1 amide bonds. The van der Waals surface area contributed by atoms with Gasteiger partial charge >= 0.3 is 0 Å². The van der Waals surface area contributed by atoms with Crippen LogP contribution in [-0.4, -0.2) is 19.6 Å². The Balaban J connectivity index is 1.84. The molecule has 0 saturated heterocycles. The molecule has 0 radical (unpaired) electrons. The summed E-state index contributed by atoms with van der Waals surface area (Å²) in [6.45, 7) is 6.45. The number of amides is 1. The van der Waals surface area contributed by atoms with Crippen molar-refractivity contribution < 1.29 is 23.4 Å². The molecule has 3 aromatic carbocycles. The molecule has 37 heavy (non-hydrogen) atoms. The quantitative estimate of drug-likeness (QED) is 0.194. The first-order chi connectivity index (χ1) is 18.0. The van der Waals surface area contributed by atoms with Gasteiger partial charge in [0, 0.05) is 12.1 Å². The SMILES string of the molecule is C=CCc1cc(/C=C(/C#N)C(=O)NCc2ccc(OC)cc2)cc(OCC)c1OCc1cccc(F)c1. The molecule has 0 aromatic heterocycles. The van der Waals surface area contributed by atoms with E-state index in [0.29, 0.717) is 35.7 Å². The number of hydrogen-bond donors (Lipinski definition) is 1. The van der Waals surface area contributed by atoms with E-state index in [2.05, 4.69) is 11.9 Å². The van der Waals surface area contributed by atoms with Crippen LogP contribution in [0.5, 0.6) is 17.2 Å². The average Bonchev–Trinajstić information content (AvgIpc) is 2.90. The fraction of sp³-hybridized carbons (Fsp3) is 0.200. The van der Waals surface area contributed by atoms with Crippen molar-refractivity contribution in [2.24, 2.45) is 0 Å². The van der Waals surface area contributed by atoms with Crippen molar-refractivity contribution in [3.05, 3.63) is 107 Å². The van der Waals surface area contributed by atoms with Crippen LogP contribution in [0.1, 0.15) is 29.2 Å². The minimum atomic E-state index is -0.493. The minimum absolute atomic E-state index is 0.0473. The number of allylic oxidation sites excluding steroid dienone is 1. The number of hydrogen-bond acceptors (Lipinski definition) is 5. The summed E-state index contributed by atoms with van der Waals surface area (Å²) < 4.78 is 30.6. The molecule has 3 rings (SSSR count). The van der Waals surface area contributed by atoms with Crippen molar-refractivity contribution in [1.82, 2.24) is 5.32 Å². The van der Waals surface area contributed by atoms with Gasteiger partial charge in [-0.3, -0.25) is 4.79 Å². The van der Waals surface area contributed by atoms with Crippen LogP contribution in [0.4, 0.5) is 4.39 Å². The topological polar surface area (TPSA) is 80.6 Å². The van der Waals surface area contributed by atoms with E-state index in [1.807, 2.05) is 31.2 Å². The highest BCUT2D eigenvalue weighted by molar-refractivity contribution is 6.01. The largest absolute Gasteiger partial charge is 0.497 e. The number of benzene rings is 3. The number of carbonyl (C=O) groups excluding carboxylic acids is 1. The number of ether oxygens (including phenoxy) is 3. The zero-order valence-corrected chi connectivity index (χ0v) is 20.9. The van der Waals surface area contributed by atoms with Crippen LogP contribution in [0.3, 0.4) is 0 Å². The molecule has 190 valence electrons. The van der Waals surface area contributed by atoms with Gasteiger partial charge in [0.25, 0.3) is 5.91 Å². The van der Waals surface area contributed by atoms with E-state index < -0.39 is 5.91 Å².